The first-order valence-corrected chi connectivity index (χ1v) is 7.16. The van der Waals surface area contributed by atoms with Gasteiger partial charge in [-0.3, -0.25) is 9.59 Å². The van der Waals surface area contributed by atoms with Crippen molar-refractivity contribution in [2.75, 3.05) is 0 Å². The van der Waals surface area contributed by atoms with Crippen LogP contribution in [0.1, 0.15) is 15.9 Å². The molecule has 7 heteroatoms. The van der Waals surface area contributed by atoms with E-state index >= 15 is 0 Å². The normalized spacial score (nSPS) is 10.7. The minimum Gasteiger partial charge on any atom is -0.506 e. The van der Waals surface area contributed by atoms with Gasteiger partial charge in [-0.2, -0.15) is 0 Å². The monoisotopic (exact) mass is 329 g/mol. The molecule has 23 heavy (non-hydrogen) atoms. The molecule has 0 saturated carbocycles. The summed E-state index contributed by atoms with van der Waals surface area (Å²) in [4.78, 5) is 30.7. The largest absolute Gasteiger partial charge is 0.506 e. The number of fused-ring (bicyclic) bond motifs is 1. The maximum atomic E-state index is 12.2. The summed E-state index contributed by atoms with van der Waals surface area (Å²) >= 11 is 5.88. The van der Waals surface area contributed by atoms with Crippen molar-refractivity contribution in [3.63, 3.8) is 0 Å². The van der Waals surface area contributed by atoms with Crippen molar-refractivity contribution < 1.29 is 9.90 Å². The number of rotatable bonds is 3. The molecule has 3 rings (SSSR count). The highest BCUT2D eigenvalue weighted by molar-refractivity contribution is 6.30. The highest BCUT2D eigenvalue weighted by atomic mass is 35.5. The molecule has 0 unspecified atom stereocenters. The first-order chi connectivity index (χ1) is 11.1. The molecule has 0 atom stereocenters. The van der Waals surface area contributed by atoms with Gasteiger partial charge in [-0.15, -0.1) is 0 Å². The van der Waals surface area contributed by atoms with Crippen LogP contribution in [0.15, 0.2) is 47.4 Å². The molecule has 0 aliphatic carbocycles. The lowest BCUT2D eigenvalue weighted by molar-refractivity contribution is 0.0947. The number of nitrogens with one attached hydrogen (secondary N) is 2. The molecule has 0 bridgehead atoms. The summed E-state index contributed by atoms with van der Waals surface area (Å²) in [6.07, 6.45) is 1.48. The molecular formula is C16H12ClN3O3. The first-order valence-electron chi connectivity index (χ1n) is 6.79. The van der Waals surface area contributed by atoms with Crippen molar-refractivity contribution in [2.24, 2.45) is 0 Å². The van der Waals surface area contributed by atoms with Crippen LogP contribution in [-0.2, 0) is 6.54 Å². The van der Waals surface area contributed by atoms with Crippen LogP contribution in [0.4, 0.5) is 0 Å². The van der Waals surface area contributed by atoms with Crippen molar-refractivity contribution in [1.82, 2.24) is 15.3 Å². The Morgan fingerprint density at radius 2 is 2.13 bits per heavy atom. The van der Waals surface area contributed by atoms with Crippen LogP contribution in [0, 0.1) is 0 Å². The smallest absolute Gasteiger partial charge is 0.266 e. The Morgan fingerprint density at radius 1 is 1.30 bits per heavy atom. The van der Waals surface area contributed by atoms with E-state index in [0.717, 1.165) is 5.56 Å². The van der Waals surface area contributed by atoms with Crippen molar-refractivity contribution in [3.8, 4) is 5.75 Å². The number of nitrogens with zero attached hydrogens (tertiary/aromatic N) is 1. The van der Waals surface area contributed by atoms with Gasteiger partial charge < -0.3 is 15.4 Å². The second kappa shape index (κ2) is 6.10. The number of hydrogen-bond donors (Lipinski definition) is 3. The standard InChI is InChI=1S/C16H12ClN3O3/c17-10-4-1-3-9(7-10)8-19-15(22)12-13(21)11-5-2-6-18-14(11)20-16(12)23/h1-7H,8H2,(H,19,22)(H2,18,20,21,23). The van der Waals surface area contributed by atoms with Crippen molar-refractivity contribution >= 4 is 28.5 Å². The van der Waals surface area contributed by atoms with E-state index in [1.165, 1.54) is 6.20 Å². The number of halogens is 1. The molecule has 2 aromatic heterocycles. The molecule has 1 amide bonds. The fourth-order valence-corrected chi connectivity index (χ4v) is 2.45. The zero-order chi connectivity index (χ0) is 16.4. The van der Waals surface area contributed by atoms with Crippen LogP contribution in [0.5, 0.6) is 5.75 Å². The van der Waals surface area contributed by atoms with Crippen molar-refractivity contribution in [3.05, 3.63) is 69.1 Å². The van der Waals surface area contributed by atoms with Gasteiger partial charge in [0.05, 0.1) is 5.39 Å². The third kappa shape index (κ3) is 3.02. The van der Waals surface area contributed by atoms with E-state index in [-0.39, 0.29) is 23.5 Å². The van der Waals surface area contributed by atoms with E-state index in [9.17, 15) is 14.7 Å². The highest BCUT2D eigenvalue weighted by Gasteiger charge is 2.19. The molecule has 0 aliphatic rings. The molecule has 1 aromatic carbocycles. The summed E-state index contributed by atoms with van der Waals surface area (Å²) in [7, 11) is 0. The molecule has 6 nitrogen and oxygen atoms in total. The van der Waals surface area contributed by atoms with Gasteiger partial charge in [-0.05, 0) is 29.8 Å². The maximum absolute atomic E-state index is 12.2. The maximum Gasteiger partial charge on any atom is 0.266 e. The Morgan fingerprint density at radius 3 is 2.91 bits per heavy atom. The van der Waals surface area contributed by atoms with E-state index in [0.29, 0.717) is 10.4 Å². The lowest BCUT2D eigenvalue weighted by atomic mass is 10.1. The van der Waals surface area contributed by atoms with Gasteiger partial charge in [0.1, 0.15) is 17.0 Å². The Hall–Kier alpha value is -2.86. The van der Waals surface area contributed by atoms with Gasteiger partial charge in [0.25, 0.3) is 11.5 Å². The fourth-order valence-electron chi connectivity index (χ4n) is 2.24. The summed E-state index contributed by atoms with van der Waals surface area (Å²) < 4.78 is 0. The Kier molecular flexibility index (Phi) is 3.99. The topological polar surface area (TPSA) is 95.1 Å². The Labute approximate surface area is 135 Å². The van der Waals surface area contributed by atoms with Crippen LogP contribution >= 0.6 is 11.6 Å². The van der Waals surface area contributed by atoms with Gasteiger partial charge in [-0.25, -0.2) is 4.98 Å². The lowest BCUT2D eigenvalue weighted by Crippen LogP contribution is -2.29. The highest BCUT2D eigenvalue weighted by Crippen LogP contribution is 2.23. The first kappa shape index (κ1) is 15.1. The van der Waals surface area contributed by atoms with E-state index in [4.69, 9.17) is 11.6 Å². The summed E-state index contributed by atoms with van der Waals surface area (Å²) in [5.41, 5.74) is -0.0320. The van der Waals surface area contributed by atoms with Gasteiger partial charge in [0.2, 0.25) is 0 Å². The number of pyridine rings is 2. The average Bonchev–Trinajstić information content (AvgIpc) is 2.53. The Balaban J connectivity index is 1.90. The number of aromatic hydroxyl groups is 1. The third-order valence-corrected chi connectivity index (χ3v) is 3.56. The average molecular weight is 330 g/mol. The molecule has 0 spiro atoms. The molecule has 116 valence electrons. The summed E-state index contributed by atoms with van der Waals surface area (Å²) in [5.74, 6) is -1.06. The van der Waals surface area contributed by atoms with Crippen molar-refractivity contribution in [1.29, 1.82) is 0 Å². The number of aromatic amines is 1. The predicted octanol–water partition coefficient (Wildman–Crippen LogP) is 2.21. The number of hydrogen-bond acceptors (Lipinski definition) is 4. The second-order valence-electron chi connectivity index (χ2n) is 4.89. The van der Waals surface area contributed by atoms with Crippen LogP contribution < -0.4 is 10.9 Å². The molecule has 3 aromatic rings. The minimum atomic E-state index is -0.697. The van der Waals surface area contributed by atoms with Gasteiger partial charge in [0, 0.05) is 17.8 Å². The number of H-pyrrole nitrogens is 1. The molecule has 3 N–H and O–H groups in total. The van der Waals surface area contributed by atoms with Crippen LogP contribution in [0.25, 0.3) is 11.0 Å². The molecule has 0 fully saturated rings. The van der Waals surface area contributed by atoms with Gasteiger partial charge in [-0.1, -0.05) is 23.7 Å². The number of carbonyl (C=O) groups is 1. The van der Waals surface area contributed by atoms with E-state index < -0.39 is 11.5 Å². The summed E-state index contributed by atoms with van der Waals surface area (Å²) in [6, 6.07) is 10.2. The van der Waals surface area contributed by atoms with Crippen LogP contribution in [-0.4, -0.2) is 21.0 Å². The number of aromatic nitrogens is 2. The summed E-state index contributed by atoms with van der Waals surface area (Å²) in [6.45, 7) is 0.184. The molecule has 2 heterocycles. The number of benzene rings is 1. The zero-order valence-corrected chi connectivity index (χ0v) is 12.6. The SMILES string of the molecule is O=C(NCc1cccc(Cl)c1)c1c(O)c2cccnc2[nH]c1=O. The predicted molar refractivity (Wildman–Crippen MR) is 86.7 cm³/mol. The minimum absolute atomic E-state index is 0.184. The lowest BCUT2D eigenvalue weighted by Gasteiger charge is -2.08. The molecular weight excluding hydrogens is 318 g/mol. The van der Waals surface area contributed by atoms with Crippen LogP contribution in [0.3, 0.4) is 0 Å². The van der Waals surface area contributed by atoms with E-state index in [2.05, 4.69) is 15.3 Å². The van der Waals surface area contributed by atoms with E-state index in [1.54, 1.807) is 36.4 Å². The van der Waals surface area contributed by atoms with Gasteiger partial charge in [0.15, 0.2) is 0 Å². The van der Waals surface area contributed by atoms with E-state index in [1.807, 2.05) is 0 Å². The Bertz CT molecular complexity index is 953. The third-order valence-electron chi connectivity index (χ3n) is 3.33. The summed E-state index contributed by atoms with van der Waals surface area (Å²) in [5, 5.41) is 13.6. The number of carbonyl (C=O) groups excluding carboxylic acids is 1. The fraction of sp³-hybridized carbons (Fsp3) is 0.0625. The second-order valence-corrected chi connectivity index (χ2v) is 5.33. The zero-order valence-electron chi connectivity index (χ0n) is 11.8. The number of amides is 1. The molecule has 0 aliphatic heterocycles. The van der Waals surface area contributed by atoms with Crippen LogP contribution in [0.2, 0.25) is 5.02 Å². The van der Waals surface area contributed by atoms with Gasteiger partial charge >= 0.3 is 0 Å². The van der Waals surface area contributed by atoms with Crippen molar-refractivity contribution in [2.45, 2.75) is 6.54 Å². The molecule has 0 saturated heterocycles. The quantitative estimate of drug-likeness (QED) is 0.686. The molecule has 0 radical (unpaired) electrons.